The fourth-order valence-electron chi connectivity index (χ4n) is 3.54. The van der Waals surface area contributed by atoms with Crippen molar-refractivity contribution in [2.75, 3.05) is 0 Å². The van der Waals surface area contributed by atoms with Gasteiger partial charge in [0, 0.05) is 11.1 Å². The molecule has 1 heteroatoms. The summed E-state index contributed by atoms with van der Waals surface area (Å²) >= 11 is 0. The molecule has 0 unspecified atom stereocenters. The first-order chi connectivity index (χ1) is 10.8. The minimum absolute atomic E-state index is 0.180. The van der Waals surface area contributed by atoms with Crippen molar-refractivity contribution in [3.63, 3.8) is 0 Å². The molecule has 22 heavy (non-hydrogen) atoms. The second kappa shape index (κ2) is 5.42. The summed E-state index contributed by atoms with van der Waals surface area (Å²) in [5, 5.41) is 0. The van der Waals surface area contributed by atoms with Crippen LogP contribution in [0.2, 0.25) is 0 Å². The molecule has 1 nitrogen and oxygen atoms in total. The van der Waals surface area contributed by atoms with Crippen LogP contribution in [0.4, 0.5) is 0 Å². The smallest absolute Gasteiger partial charge is 0.193 e. The molecule has 108 valence electrons. The van der Waals surface area contributed by atoms with E-state index in [1.807, 2.05) is 12.1 Å². The van der Waals surface area contributed by atoms with E-state index in [1.165, 1.54) is 11.1 Å². The topological polar surface area (TPSA) is 17.1 Å². The molecule has 0 N–H and O–H groups in total. The second-order valence-electron chi connectivity index (χ2n) is 5.96. The van der Waals surface area contributed by atoms with Gasteiger partial charge in [-0.15, -0.1) is 0 Å². The molecular weight excluding hydrogens is 268 g/mol. The highest BCUT2D eigenvalue weighted by molar-refractivity contribution is 6.42. The standard InChI is InChI=1S/C21H18O/c22-21(19-13-5-9-15-7-1-3-11-17(15)19)20-14-6-10-16-8-2-4-12-18(16)20/h1-4,7-8,11-14H,5-6,9-10H2. The average molecular weight is 286 g/mol. The minimum Gasteiger partial charge on any atom is -0.289 e. The SMILES string of the molecule is O=C(C1=CCCc2ccccc21)C1=CCCc2ccccc21. The van der Waals surface area contributed by atoms with Crippen LogP contribution in [-0.4, -0.2) is 5.78 Å². The normalized spacial score (nSPS) is 16.2. The molecule has 2 aromatic rings. The molecule has 0 atom stereocenters. The van der Waals surface area contributed by atoms with Crippen LogP contribution in [0.1, 0.15) is 35.1 Å². The predicted octanol–water partition coefficient (Wildman–Crippen LogP) is 4.62. The third kappa shape index (κ3) is 2.14. The van der Waals surface area contributed by atoms with Crippen molar-refractivity contribution < 1.29 is 4.79 Å². The number of allylic oxidation sites excluding steroid dienone is 4. The molecule has 0 aromatic heterocycles. The van der Waals surface area contributed by atoms with Crippen LogP contribution in [-0.2, 0) is 17.6 Å². The first-order valence-corrected chi connectivity index (χ1v) is 7.96. The third-order valence-corrected chi connectivity index (χ3v) is 4.63. The Labute approximate surface area is 131 Å². The van der Waals surface area contributed by atoms with Gasteiger partial charge in [-0.3, -0.25) is 4.79 Å². The summed E-state index contributed by atoms with van der Waals surface area (Å²) in [5.74, 6) is 0.180. The van der Waals surface area contributed by atoms with E-state index >= 15 is 0 Å². The van der Waals surface area contributed by atoms with Crippen LogP contribution >= 0.6 is 0 Å². The lowest BCUT2D eigenvalue weighted by Gasteiger charge is -2.21. The summed E-state index contributed by atoms with van der Waals surface area (Å²) in [6.45, 7) is 0. The van der Waals surface area contributed by atoms with Crippen molar-refractivity contribution in [2.24, 2.45) is 0 Å². The molecule has 2 aromatic carbocycles. The number of carbonyl (C=O) groups excluding carboxylic acids is 1. The highest BCUT2D eigenvalue weighted by Gasteiger charge is 2.24. The molecular formula is C21H18O. The lowest BCUT2D eigenvalue weighted by atomic mass is 9.82. The Balaban J connectivity index is 1.77. The lowest BCUT2D eigenvalue weighted by Crippen LogP contribution is -2.13. The summed E-state index contributed by atoms with van der Waals surface area (Å²) in [6, 6.07) is 16.6. The van der Waals surface area contributed by atoms with Gasteiger partial charge in [0.05, 0.1) is 0 Å². The van der Waals surface area contributed by atoms with E-state index < -0.39 is 0 Å². The van der Waals surface area contributed by atoms with Gasteiger partial charge in [-0.25, -0.2) is 0 Å². The molecule has 2 aliphatic carbocycles. The molecule has 0 aliphatic heterocycles. The van der Waals surface area contributed by atoms with E-state index in [2.05, 4.69) is 48.6 Å². The van der Waals surface area contributed by atoms with Gasteiger partial charge < -0.3 is 0 Å². The molecule has 0 heterocycles. The van der Waals surface area contributed by atoms with E-state index in [0.29, 0.717) is 0 Å². The number of carbonyl (C=O) groups is 1. The molecule has 0 saturated heterocycles. The van der Waals surface area contributed by atoms with Gasteiger partial charge in [0.2, 0.25) is 0 Å². The van der Waals surface area contributed by atoms with Gasteiger partial charge >= 0.3 is 0 Å². The van der Waals surface area contributed by atoms with Crippen molar-refractivity contribution in [3.8, 4) is 0 Å². The number of benzene rings is 2. The van der Waals surface area contributed by atoms with Crippen LogP contribution in [0.15, 0.2) is 60.7 Å². The number of aryl methyl sites for hydroxylation is 2. The summed E-state index contributed by atoms with van der Waals surface area (Å²) in [5.41, 5.74) is 6.57. The maximum atomic E-state index is 13.1. The summed E-state index contributed by atoms with van der Waals surface area (Å²) in [7, 11) is 0. The maximum absolute atomic E-state index is 13.1. The first kappa shape index (κ1) is 13.3. The van der Waals surface area contributed by atoms with Gasteiger partial charge in [-0.1, -0.05) is 60.7 Å². The van der Waals surface area contributed by atoms with E-state index in [4.69, 9.17) is 0 Å². The Morgan fingerprint density at radius 3 is 1.64 bits per heavy atom. The molecule has 0 radical (unpaired) electrons. The molecule has 0 saturated carbocycles. The molecule has 0 spiro atoms. The van der Waals surface area contributed by atoms with E-state index in [1.54, 1.807) is 0 Å². The van der Waals surface area contributed by atoms with Crippen LogP contribution in [0.5, 0.6) is 0 Å². The Morgan fingerprint density at radius 1 is 0.682 bits per heavy atom. The molecule has 0 bridgehead atoms. The summed E-state index contributed by atoms with van der Waals surface area (Å²) in [6.07, 6.45) is 8.19. The number of rotatable bonds is 2. The molecule has 2 aliphatic rings. The van der Waals surface area contributed by atoms with Crippen molar-refractivity contribution in [2.45, 2.75) is 25.7 Å². The Hall–Kier alpha value is -2.41. The van der Waals surface area contributed by atoms with Crippen LogP contribution in [0, 0.1) is 0 Å². The van der Waals surface area contributed by atoms with Crippen molar-refractivity contribution in [1.29, 1.82) is 0 Å². The van der Waals surface area contributed by atoms with Crippen molar-refractivity contribution in [3.05, 3.63) is 82.9 Å². The molecule has 0 fully saturated rings. The zero-order valence-corrected chi connectivity index (χ0v) is 12.5. The maximum Gasteiger partial charge on any atom is 0.193 e. The Bertz CT molecular complexity index is 741. The number of ketones is 1. The molecule has 4 rings (SSSR count). The quantitative estimate of drug-likeness (QED) is 0.787. The van der Waals surface area contributed by atoms with Crippen molar-refractivity contribution in [1.82, 2.24) is 0 Å². The second-order valence-corrected chi connectivity index (χ2v) is 5.96. The molecule has 0 amide bonds. The van der Waals surface area contributed by atoms with E-state index in [0.717, 1.165) is 48.0 Å². The average Bonchev–Trinajstić information content (AvgIpc) is 2.60. The first-order valence-electron chi connectivity index (χ1n) is 7.96. The fraction of sp³-hybridized carbons (Fsp3) is 0.190. The number of fused-ring (bicyclic) bond motifs is 2. The minimum atomic E-state index is 0.180. The highest BCUT2D eigenvalue weighted by atomic mass is 16.1. The predicted molar refractivity (Wildman–Crippen MR) is 90.5 cm³/mol. The van der Waals surface area contributed by atoms with E-state index in [9.17, 15) is 4.79 Å². The zero-order valence-electron chi connectivity index (χ0n) is 12.5. The van der Waals surface area contributed by atoms with Gasteiger partial charge in [-0.05, 0) is 47.9 Å². The van der Waals surface area contributed by atoms with E-state index in [-0.39, 0.29) is 5.78 Å². The van der Waals surface area contributed by atoms with Crippen molar-refractivity contribution >= 4 is 16.9 Å². The number of hydrogen-bond donors (Lipinski definition) is 0. The van der Waals surface area contributed by atoms with Crippen LogP contribution in [0.3, 0.4) is 0 Å². The largest absolute Gasteiger partial charge is 0.289 e. The highest BCUT2D eigenvalue weighted by Crippen LogP contribution is 2.34. The summed E-state index contributed by atoms with van der Waals surface area (Å²) < 4.78 is 0. The van der Waals surface area contributed by atoms with Gasteiger partial charge in [-0.2, -0.15) is 0 Å². The van der Waals surface area contributed by atoms with Gasteiger partial charge in [0.15, 0.2) is 5.78 Å². The van der Waals surface area contributed by atoms with Gasteiger partial charge in [0.25, 0.3) is 0 Å². The zero-order chi connectivity index (χ0) is 14.9. The van der Waals surface area contributed by atoms with Gasteiger partial charge in [0.1, 0.15) is 0 Å². The Kier molecular flexibility index (Phi) is 3.27. The third-order valence-electron chi connectivity index (χ3n) is 4.63. The Morgan fingerprint density at radius 2 is 1.14 bits per heavy atom. The lowest BCUT2D eigenvalue weighted by molar-refractivity contribution is -0.108. The van der Waals surface area contributed by atoms with Crippen LogP contribution < -0.4 is 0 Å². The fourth-order valence-corrected chi connectivity index (χ4v) is 3.54. The number of hydrogen-bond acceptors (Lipinski definition) is 1. The monoisotopic (exact) mass is 286 g/mol. The van der Waals surface area contributed by atoms with Crippen LogP contribution in [0.25, 0.3) is 11.1 Å². The number of Topliss-reactive ketones (excluding diaryl/α,β-unsaturated/α-hetero) is 1. The summed E-state index contributed by atoms with van der Waals surface area (Å²) in [4.78, 5) is 13.1.